The SMILES string of the molecule is COc1cc(NC2CCN(S(C)(=O)=O)CC2)ccc1C(N)=O. The Hall–Kier alpha value is -1.80. The van der Waals surface area contributed by atoms with E-state index in [0.29, 0.717) is 24.4 Å². The largest absolute Gasteiger partial charge is 0.496 e. The van der Waals surface area contributed by atoms with Gasteiger partial charge in [-0.15, -0.1) is 0 Å². The third-order valence-electron chi connectivity index (χ3n) is 3.76. The van der Waals surface area contributed by atoms with Crippen LogP contribution in [0.5, 0.6) is 5.75 Å². The number of primary amides is 1. The molecule has 7 nitrogen and oxygen atoms in total. The van der Waals surface area contributed by atoms with Gasteiger partial charge in [0.2, 0.25) is 10.0 Å². The smallest absolute Gasteiger partial charge is 0.252 e. The number of amides is 1. The predicted molar refractivity (Wildman–Crippen MR) is 84.6 cm³/mol. The van der Waals surface area contributed by atoms with Gasteiger partial charge in [0.05, 0.1) is 18.9 Å². The lowest BCUT2D eigenvalue weighted by molar-refractivity contribution is 0.0997. The molecular weight excluding hydrogens is 306 g/mol. The number of ether oxygens (including phenoxy) is 1. The van der Waals surface area contributed by atoms with Crippen molar-refractivity contribution in [3.8, 4) is 5.75 Å². The van der Waals surface area contributed by atoms with E-state index in [9.17, 15) is 13.2 Å². The van der Waals surface area contributed by atoms with Crippen LogP contribution in [-0.2, 0) is 10.0 Å². The molecule has 2 rings (SSSR count). The molecule has 0 saturated carbocycles. The van der Waals surface area contributed by atoms with E-state index in [1.165, 1.54) is 17.7 Å². The van der Waals surface area contributed by atoms with Gasteiger partial charge in [0.25, 0.3) is 5.91 Å². The highest BCUT2D eigenvalue weighted by atomic mass is 32.2. The molecule has 0 unspecified atom stereocenters. The monoisotopic (exact) mass is 327 g/mol. The molecule has 0 aromatic heterocycles. The van der Waals surface area contributed by atoms with Crippen molar-refractivity contribution in [3.63, 3.8) is 0 Å². The van der Waals surface area contributed by atoms with Gasteiger partial charge in [0, 0.05) is 30.9 Å². The Labute approximate surface area is 130 Å². The van der Waals surface area contributed by atoms with Crippen LogP contribution in [0.4, 0.5) is 5.69 Å². The topological polar surface area (TPSA) is 102 Å². The second kappa shape index (κ2) is 6.53. The van der Waals surface area contributed by atoms with Gasteiger partial charge < -0.3 is 15.8 Å². The van der Waals surface area contributed by atoms with Crippen molar-refractivity contribution >= 4 is 21.6 Å². The molecule has 122 valence electrons. The van der Waals surface area contributed by atoms with E-state index in [2.05, 4.69) is 5.32 Å². The van der Waals surface area contributed by atoms with Gasteiger partial charge in [0.15, 0.2) is 0 Å². The highest BCUT2D eigenvalue weighted by molar-refractivity contribution is 7.88. The van der Waals surface area contributed by atoms with Crippen molar-refractivity contribution in [1.29, 1.82) is 0 Å². The molecule has 1 aliphatic rings. The Morgan fingerprint density at radius 2 is 2.00 bits per heavy atom. The highest BCUT2D eigenvalue weighted by Crippen LogP contribution is 2.25. The second-order valence-corrected chi connectivity index (χ2v) is 7.34. The number of sulfonamides is 1. The number of methoxy groups -OCH3 is 1. The number of hydrogen-bond donors (Lipinski definition) is 2. The molecule has 22 heavy (non-hydrogen) atoms. The van der Waals surface area contributed by atoms with Crippen LogP contribution in [0.25, 0.3) is 0 Å². The fraction of sp³-hybridized carbons (Fsp3) is 0.500. The molecule has 1 aliphatic heterocycles. The van der Waals surface area contributed by atoms with Gasteiger partial charge in [-0.05, 0) is 25.0 Å². The van der Waals surface area contributed by atoms with E-state index in [0.717, 1.165) is 18.5 Å². The summed E-state index contributed by atoms with van der Waals surface area (Å²) in [6, 6.07) is 5.30. The zero-order chi connectivity index (χ0) is 16.3. The lowest BCUT2D eigenvalue weighted by Crippen LogP contribution is -2.41. The summed E-state index contributed by atoms with van der Waals surface area (Å²) in [7, 11) is -1.63. The van der Waals surface area contributed by atoms with Crippen molar-refractivity contribution in [2.75, 3.05) is 31.8 Å². The Morgan fingerprint density at radius 1 is 1.36 bits per heavy atom. The summed E-state index contributed by atoms with van der Waals surface area (Å²) in [5.41, 5.74) is 6.43. The van der Waals surface area contributed by atoms with Gasteiger partial charge in [-0.25, -0.2) is 12.7 Å². The molecule has 1 heterocycles. The Balaban J connectivity index is 2.02. The number of carbonyl (C=O) groups excluding carboxylic acids is 1. The first-order valence-electron chi connectivity index (χ1n) is 7.00. The number of nitrogens with one attached hydrogen (secondary N) is 1. The summed E-state index contributed by atoms with van der Waals surface area (Å²) in [6.07, 6.45) is 2.69. The maximum absolute atomic E-state index is 11.5. The molecule has 0 aliphatic carbocycles. The summed E-state index contributed by atoms with van der Waals surface area (Å²) < 4.78 is 29.6. The summed E-state index contributed by atoms with van der Waals surface area (Å²) >= 11 is 0. The maximum Gasteiger partial charge on any atom is 0.252 e. The number of piperidine rings is 1. The summed E-state index contributed by atoms with van der Waals surface area (Å²) in [4.78, 5) is 11.3. The number of hydrogen-bond acceptors (Lipinski definition) is 5. The van der Waals surface area contributed by atoms with Crippen LogP contribution >= 0.6 is 0 Å². The van der Waals surface area contributed by atoms with E-state index < -0.39 is 15.9 Å². The molecule has 3 N–H and O–H groups in total. The standard InChI is InChI=1S/C14H21N3O4S/c1-21-13-9-11(3-4-12(13)14(15)18)16-10-5-7-17(8-6-10)22(2,19)20/h3-4,9-10,16H,5-8H2,1-2H3,(H2,15,18). The number of nitrogens with zero attached hydrogens (tertiary/aromatic N) is 1. The Bertz CT molecular complexity index is 652. The molecule has 1 saturated heterocycles. The molecule has 1 fully saturated rings. The number of rotatable bonds is 5. The molecule has 0 radical (unpaired) electrons. The zero-order valence-corrected chi connectivity index (χ0v) is 13.5. The molecule has 8 heteroatoms. The quantitative estimate of drug-likeness (QED) is 0.826. The summed E-state index contributed by atoms with van der Waals surface area (Å²) in [6.45, 7) is 1.01. The van der Waals surface area contributed by atoms with Crippen molar-refractivity contribution in [2.45, 2.75) is 18.9 Å². The normalized spacial score (nSPS) is 17.2. The molecule has 1 aromatic rings. The van der Waals surface area contributed by atoms with E-state index in [1.807, 2.05) is 0 Å². The second-order valence-electron chi connectivity index (χ2n) is 5.36. The van der Waals surface area contributed by atoms with E-state index in [4.69, 9.17) is 10.5 Å². The van der Waals surface area contributed by atoms with Gasteiger partial charge in [0.1, 0.15) is 5.75 Å². The van der Waals surface area contributed by atoms with Gasteiger partial charge in [-0.1, -0.05) is 0 Å². The van der Waals surface area contributed by atoms with E-state index >= 15 is 0 Å². The van der Waals surface area contributed by atoms with Crippen molar-refractivity contribution in [1.82, 2.24) is 4.31 Å². The molecule has 1 amide bonds. The molecule has 1 aromatic carbocycles. The first-order chi connectivity index (χ1) is 10.3. The summed E-state index contributed by atoms with van der Waals surface area (Å²) in [5.74, 6) is -0.115. The molecule has 0 atom stereocenters. The third-order valence-corrected chi connectivity index (χ3v) is 5.06. The number of nitrogens with two attached hydrogens (primary N) is 1. The van der Waals surface area contributed by atoms with Crippen LogP contribution in [0.1, 0.15) is 23.2 Å². The molecule has 0 spiro atoms. The first-order valence-corrected chi connectivity index (χ1v) is 8.85. The Morgan fingerprint density at radius 3 is 2.50 bits per heavy atom. The lowest BCUT2D eigenvalue weighted by atomic mass is 10.1. The maximum atomic E-state index is 11.5. The lowest BCUT2D eigenvalue weighted by Gasteiger charge is -2.31. The van der Waals surface area contributed by atoms with Crippen LogP contribution in [0.15, 0.2) is 18.2 Å². The predicted octanol–water partition coefficient (Wildman–Crippen LogP) is 0.630. The average molecular weight is 327 g/mol. The first kappa shape index (κ1) is 16.6. The summed E-state index contributed by atoms with van der Waals surface area (Å²) in [5, 5.41) is 3.34. The minimum atomic E-state index is -3.11. The van der Waals surface area contributed by atoms with Crippen molar-refractivity contribution in [3.05, 3.63) is 23.8 Å². The van der Waals surface area contributed by atoms with Crippen LogP contribution in [-0.4, -0.2) is 51.1 Å². The van der Waals surface area contributed by atoms with Gasteiger partial charge >= 0.3 is 0 Å². The third kappa shape index (κ3) is 3.89. The van der Waals surface area contributed by atoms with Gasteiger partial charge in [-0.2, -0.15) is 0 Å². The van der Waals surface area contributed by atoms with Gasteiger partial charge in [-0.3, -0.25) is 4.79 Å². The van der Waals surface area contributed by atoms with Crippen LogP contribution in [0.2, 0.25) is 0 Å². The van der Waals surface area contributed by atoms with Crippen LogP contribution < -0.4 is 15.8 Å². The highest BCUT2D eigenvalue weighted by Gasteiger charge is 2.24. The number of benzene rings is 1. The van der Waals surface area contributed by atoms with Crippen LogP contribution in [0, 0.1) is 0 Å². The number of carbonyl (C=O) groups is 1. The van der Waals surface area contributed by atoms with E-state index in [-0.39, 0.29) is 6.04 Å². The molecule has 0 bridgehead atoms. The van der Waals surface area contributed by atoms with Crippen LogP contribution in [0.3, 0.4) is 0 Å². The zero-order valence-electron chi connectivity index (χ0n) is 12.7. The Kier molecular flexibility index (Phi) is 4.92. The van der Waals surface area contributed by atoms with E-state index in [1.54, 1.807) is 18.2 Å². The fourth-order valence-electron chi connectivity index (χ4n) is 2.55. The minimum Gasteiger partial charge on any atom is -0.496 e. The fourth-order valence-corrected chi connectivity index (χ4v) is 3.43. The minimum absolute atomic E-state index is 0.183. The van der Waals surface area contributed by atoms with Crippen molar-refractivity contribution < 1.29 is 17.9 Å². The van der Waals surface area contributed by atoms with Crippen molar-refractivity contribution in [2.24, 2.45) is 5.73 Å². The average Bonchev–Trinajstić information content (AvgIpc) is 2.46. The number of anilines is 1. The molecular formula is C14H21N3O4S.